The maximum Gasteiger partial charge on any atom is 0.407 e. The van der Waals surface area contributed by atoms with Crippen LogP contribution < -0.4 is 10.6 Å². The predicted octanol–water partition coefficient (Wildman–Crippen LogP) is 6.65. The molecule has 2 aliphatic carbocycles. The summed E-state index contributed by atoms with van der Waals surface area (Å²) in [5.41, 5.74) is -0.853. The second-order valence-electron chi connectivity index (χ2n) is 15.7. The molecule has 0 bridgehead atoms. The normalized spacial score (nSPS) is 27.7. The summed E-state index contributed by atoms with van der Waals surface area (Å²) in [5.74, 6) is 0. The van der Waals surface area contributed by atoms with Gasteiger partial charge < -0.3 is 39.4 Å². The fourth-order valence-corrected chi connectivity index (χ4v) is 7.39. The first-order chi connectivity index (χ1) is 21.7. The van der Waals surface area contributed by atoms with Crippen molar-refractivity contribution in [2.24, 2.45) is 0 Å². The highest BCUT2D eigenvalue weighted by Gasteiger charge is 2.32. The Bertz CT molecular complexity index is 802. The van der Waals surface area contributed by atoms with E-state index in [2.05, 4.69) is 34.3 Å². The van der Waals surface area contributed by atoms with Gasteiger partial charge in [0.2, 0.25) is 0 Å². The van der Waals surface area contributed by atoms with Gasteiger partial charge in [0, 0.05) is 63.6 Å². The summed E-state index contributed by atoms with van der Waals surface area (Å²) >= 11 is 0. The van der Waals surface area contributed by atoms with Gasteiger partial charge in [-0.15, -0.1) is 0 Å². The second kappa shape index (κ2) is 18.8. The fourth-order valence-electron chi connectivity index (χ4n) is 7.39. The Morgan fingerprint density at radius 2 is 0.848 bits per heavy atom. The van der Waals surface area contributed by atoms with Crippen molar-refractivity contribution in [3.8, 4) is 0 Å². The van der Waals surface area contributed by atoms with Crippen LogP contribution in [0.3, 0.4) is 0 Å². The van der Waals surface area contributed by atoms with Gasteiger partial charge in [0.25, 0.3) is 0 Å². The molecule has 10 nitrogen and oxygen atoms in total. The summed E-state index contributed by atoms with van der Waals surface area (Å²) in [5, 5.41) is 6.03. The maximum absolute atomic E-state index is 11.8. The quantitative estimate of drug-likeness (QED) is 0.301. The molecule has 0 spiro atoms. The van der Waals surface area contributed by atoms with E-state index < -0.39 is 11.2 Å². The van der Waals surface area contributed by atoms with Gasteiger partial charge in [-0.05, 0) is 132 Å². The Hall–Kier alpha value is -1.62. The number of alkyl carbamates (subject to hydrolysis) is 2. The van der Waals surface area contributed by atoms with Crippen LogP contribution in [0.5, 0.6) is 0 Å². The van der Waals surface area contributed by atoms with E-state index in [1.54, 1.807) is 0 Å². The summed E-state index contributed by atoms with van der Waals surface area (Å²) < 4.78 is 22.2. The van der Waals surface area contributed by atoms with Gasteiger partial charge in [0.15, 0.2) is 0 Å². The highest BCUT2D eigenvalue weighted by Crippen LogP contribution is 2.29. The van der Waals surface area contributed by atoms with Crippen LogP contribution in [0.4, 0.5) is 9.59 Å². The lowest BCUT2D eigenvalue weighted by Gasteiger charge is -2.40. The lowest BCUT2D eigenvalue weighted by Crippen LogP contribution is -2.49. The van der Waals surface area contributed by atoms with Crippen molar-refractivity contribution in [1.29, 1.82) is 0 Å². The molecule has 2 heterocycles. The third-order valence-corrected chi connectivity index (χ3v) is 9.63. The Balaban J connectivity index is 0.000000250. The number of amides is 2. The van der Waals surface area contributed by atoms with Crippen LogP contribution in [-0.2, 0) is 18.9 Å². The van der Waals surface area contributed by atoms with E-state index >= 15 is 0 Å². The van der Waals surface area contributed by atoms with Crippen LogP contribution in [0.1, 0.15) is 132 Å². The Morgan fingerprint density at radius 1 is 0.543 bits per heavy atom. The molecule has 0 atom stereocenters. The lowest BCUT2D eigenvalue weighted by molar-refractivity contribution is 0.00788. The minimum absolute atomic E-state index is 0.251. The van der Waals surface area contributed by atoms with Gasteiger partial charge in [-0.3, -0.25) is 0 Å². The van der Waals surface area contributed by atoms with Crippen LogP contribution in [0.15, 0.2) is 0 Å². The molecule has 0 unspecified atom stereocenters. The van der Waals surface area contributed by atoms with Gasteiger partial charge in [-0.1, -0.05) is 0 Å². The molecule has 268 valence electrons. The molecule has 0 aromatic rings. The number of nitrogens with zero attached hydrogens (tertiary/aromatic N) is 2. The number of rotatable bonds is 8. The molecule has 46 heavy (non-hydrogen) atoms. The smallest absolute Gasteiger partial charge is 0.407 e. The van der Waals surface area contributed by atoms with Crippen molar-refractivity contribution in [3.63, 3.8) is 0 Å². The van der Waals surface area contributed by atoms with E-state index in [-0.39, 0.29) is 24.3 Å². The minimum Gasteiger partial charge on any atom is -0.444 e. The number of carbonyl (C=O) groups is 2. The van der Waals surface area contributed by atoms with Crippen LogP contribution in [0.2, 0.25) is 0 Å². The first-order valence-corrected chi connectivity index (χ1v) is 18.4. The van der Waals surface area contributed by atoms with Gasteiger partial charge in [-0.25, -0.2) is 9.59 Å². The van der Waals surface area contributed by atoms with Crippen molar-refractivity contribution in [1.82, 2.24) is 20.4 Å². The molecule has 4 fully saturated rings. The van der Waals surface area contributed by atoms with Crippen LogP contribution in [0.25, 0.3) is 0 Å². The average molecular weight is 653 g/mol. The first kappa shape index (κ1) is 38.8. The van der Waals surface area contributed by atoms with Crippen molar-refractivity contribution in [2.45, 2.75) is 180 Å². The average Bonchev–Trinajstić information content (AvgIpc) is 2.98. The topological polar surface area (TPSA) is 102 Å². The molecule has 2 N–H and O–H groups in total. The van der Waals surface area contributed by atoms with Gasteiger partial charge in [0.1, 0.15) is 11.2 Å². The highest BCUT2D eigenvalue weighted by molar-refractivity contribution is 5.68. The molecule has 2 aliphatic heterocycles. The van der Waals surface area contributed by atoms with Crippen molar-refractivity contribution in [3.05, 3.63) is 0 Å². The van der Waals surface area contributed by atoms with Crippen molar-refractivity contribution in [2.75, 3.05) is 39.4 Å². The Kier molecular flexibility index (Phi) is 15.9. The Morgan fingerprint density at radius 3 is 1.11 bits per heavy atom. The van der Waals surface area contributed by atoms with E-state index in [4.69, 9.17) is 18.9 Å². The van der Waals surface area contributed by atoms with E-state index in [1.807, 2.05) is 41.5 Å². The number of likely N-dealkylation sites (tertiary alicyclic amines) is 2. The van der Waals surface area contributed by atoms with Crippen LogP contribution in [0, 0.1) is 0 Å². The number of piperidine rings is 2. The zero-order valence-electron chi connectivity index (χ0n) is 30.5. The number of hydrogen-bond donors (Lipinski definition) is 2. The molecule has 0 radical (unpaired) electrons. The first-order valence-electron chi connectivity index (χ1n) is 18.4. The number of ether oxygens (including phenoxy) is 4. The van der Waals surface area contributed by atoms with Crippen LogP contribution >= 0.6 is 0 Å². The number of carbonyl (C=O) groups excluding carboxylic acids is 2. The standard InChI is InChI=1S/2C18H34N2O3/c2*1-5-22-16-8-6-15(7-9-16)20-12-10-14(11-13-20)19-17(21)23-18(2,3)4/h2*14-16H,5-13H2,1-4H3,(H,19,21). The zero-order valence-corrected chi connectivity index (χ0v) is 30.5. The van der Waals surface area contributed by atoms with Crippen molar-refractivity contribution < 1.29 is 28.5 Å². The number of hydrogen-bond acceptors (Lipinski definition) is 8. The molecular weight excluding hydrogens is 584 g/mol. The molecule has 10 heteroatoms. The third kappa shape index (κ3) is 14.7. The van der Waals surface area contributed by atoms with E-state index in [0.29, 0.717) is 24.3 Å². The molecule has 4 aliphatic rings. The highest BCUT2D eigenvalue weighted by atomic mass is 16.6. The largest absolute Gasteiger partial charge is 0.444 e. The second-order valence-corrected chi connectivity index (χ2v) is 15.7. The fraction of sp³-hybridized carbons (Fsp3) is 0.944. The molecule has 4 rings (SSSR count). The molecule has 2 amide bonds. The van der Waals surface area contributed by atoms with Gasteiger partial charge in [-0.2, -0.15) is 0 Å². The summed E-state index contributed by atoms with van der Waals surface area (Å²) in [7, 11) is 0. The minimum atomic E-state index is -0.427. The Labute approximate surface area is 280 Å². The van der Waals surface area contributed by atoms with E-state index in [1.165, 1.54) is 51.4 Å². The maximum atomic E-state index is 11.8. The summed E-state index contributed by atoms with van der Waals surface area (Å²) in [6, 6.07) is 1.91. The van der Waals surface area contributed by atoms with E-state index in [0.717, 1.165) is 65.1 Å². The molecular formula is C36H68N4O6. The zero-order chi connectivity index (χ0) is 33.7. The number of nitrogens with one attached hydrogen (secondary N) is 2. The van der Waals surface area contributed by atoms with Gasteiger partial charge >= 0.3 is 12.2 Å². The lowest BCUT2D eigenvalue weighted by atomic mass is 9.90. The van der Waals surface area contributed by atoms with Crippen molar-refractivity contribution >= 4 is 12.2 Å². The van der Waals surface area contributed by atoms with Crippen LogP contribution in [-0.4, -0.2) is 109 Å². The summed E-state index contributed by atoms with van der Waals surface area (Å²) in [4.78, 5) is 28.9. The monoisotopic (exact) mass is 653 g/mol. The molecule has 0 aromatic heterocycles. The molecule has 0 aromatic carbocycles. The van der Waals surface area contributed by atoms with E-state index in [9.17, 15) is 9.59 Å². The SMILES string of the molecule is CCOC1CCC(N2CCC(NC(=O)OC(C)(C)C)CC2)CC1.CCOC1CCC(N2CCC(NC(=O)OC(C)(C)C)CC2)CC1. The summed E-state index contributed by atoms with van der Waals surface area (Å²) in [6.45, 7) is 21.5. The third-order valence-electron chi connectivity index (χ3n) is 9.63. The van der Waals surface area contributed by atoms with Gasteiger partial charge in [0.05, 0.1) is 12.2 Å². The predicted molar refractivity (Wildman–Crippen MR) is 183 cm³/mol. The molecule has 2 saturated heterocycles. The molecule has 2 saturated carbocycles. The summed E-state index contributed by atoms with van der Waals surface area (Å²) in [6.07, 6.45) is 14.2.